The third-order valence-corrected chi connectivity index (χ3v) is 4.88. The van der Waals surface area contributed by atoms with E-state index in [1.54, 1.807) is 28.4 Å². The van der Waals surface area contributed by atoms with Gasteiger partial charge in [-0.1, -0.05) is 11.6 Å². The van der Waals surface area contributed by atoms with Gasteiger partial charge in [-0.25, -0.2) is 4.98 Å². The maximum absolute atomic E-state index is 12.1. The summed E-state index contributed by atoms with van der Waals surface area (Å²) in [5.74, 6) is -0.0846. The number of likely N-dealkylation sites (tertiary alicyclic amines) is 1. The first-order valence-corrected chi connectivity index (χ1v) is 9.17. The van der Waals surface area contributed by atoms with Crippen LogP contribution >= 0.6 is 22.9 Å². The van der Waals surface area contributed by atoms with E-state index in [-0.39, 0.29) is 11.9 Å². The summed E-state index contributed by atoms with van der Waals surface area (Å²) in [6.45, 7) is 2.57. The molecule has 3 heterocycles. The van der Waals surface area contributed by atoms with Crippen molar-refractivity contribution in [1.29, 1.82) is 0 Å². The maximum Gasteiger partial charge on any atom is 0.222 e. The molecule has 2 aromatic heterocycles. The normalized spacial score (nSPS) is 21.8. The van der Waals surface area contributed by atoms with Crippen molar-refractivity contribution in [3.63, 3.8) is 0 Å². The Kier molecular flexibility index (Phi) is 5.83. The fourth-order valence-electron chi connectivity index (χ4n) is 2.81. The number of aliphatic hydroxyl groups is 1. The molecule has 24 heavy (non-hydrogen) atoms. The van der Waals surface area contributed by atoms with Crippen LogP contribution in [0.4, 0.5) is 0 Å². The molecule has 0 aromatic carbocycles. The quantitative estimate of drug-likeness (QED) is 0.797. The van der Waals surface area contributed by atoms with Gasteiger partial charge in [0.1, 0.15) is 0 Å². The fraction of sp³-hybridized carbons (Fsp3) is 0.533. The molecule has 0 radical (unpaired) electrons. The van der Waals surface area contributed by atoms with Crippen molar-refractivity contribution in [2.75, 3.05) is 13.1 Å². The van der Waals surface area contributed by atoms with Crippen LogP contribution in [0.15, 0.2) is 23.3 Å². The number of halogens is 1. The Hall–Kier alpha value is -1.48. The molecule has 2 aromatic rings. The highest BCUT2D eigenvalue weighted by Gasteiger charge is 2.28. The smallest absolute Gasteiger partial charge is 0.222 e. The number of aromatic nitrogens is 3. The minimum absolute atomic E-state index is 0.0846. The Morgan fingerprint density at radius 3 is 3.08 bits per heavy atom. The molecule has 0 bridgehead atoms. The fourth-order valence-corrected chi connectivity index (χ4v) is 3.52. The Bertz CT molecular complexity index is 663. The molecule has 0 aliphatic carbocycles. The number of thiazole rings is 1. The zero-order valence-corrected chi connectivity index (χ0v) is 14.7. The lowest BCUT2D eigenvalue weighted by molar-refractivity contribution is -0.123. The van der Waals surface area contributed by atoms with Crippen molar-refractivity contribution in [1.82, 2.24) is 25.0 Å². The number of rotatable bonds is 6. The molecule has 2 atom stereocenters. The van der Waals surface area contributed by atoms with Crippen molar-refractivity contribution in [2.24, 2.45) is 0 Å². The van der Waals surface area contributed by atoms with Gasteiger partial charge in [-0.05, 0) is 6.42 Å². The van der Waals surface area contributed by atoms with Crippen LogP contribution in [0.25, 0.3) is 0 Å². The van der Waals surface area contributed by atoms with Gasteiger partial charge in [0.15, 0.2) is 0 Å². The van der Waals surface area contributed by atoms with E-state index in [2.05, 4.69) is 20.3 Å². The molecule has 0 saturated carbocycles. The van der Waals surface area contributed by atoms with E-state index in [1.165, 1.54) is 0 Å². The molecular weight excluding hydrogens is 350 g/mol. The predicted molar refractivity (Wildman–Crippen MR) is 91.8 cm³/mol. The second-order valence-electron chi connectivity index (χ2n) is 5.92. The molecule has 7 nitrogen and oxygen atoms in total. The summed E-state index contributed by atoms with van der Waals surface area (Å²) in [5, 5.41) is 19.8. The number of amides is 1. The molecule has 0 unspecified atom stereocenters. The second kappa shape index (κ2) is 8.06. The zero-order chi connectivity index (χ0) is 16.9. The van der Waals surface area contributed by atoms with Crippen LogP contribution in [0.1, 0.15) is 18.5 Å². The van der Waals surface area contributed by atoms with Gasteiger partial charge in [-0.15, -0.1) is 11.3 Å². The number of aryl methyl sites for hydroxylation is 1. The van der Waals surface area contributed by atoms with Gasteiger partial charge in [0.05, 0.1) is 34.6 Å². The van der Waals surface area contributed by atoms with Gasteiger partial charge in [0, 0.05) is 44.2 Å². The van der Waals surface area contributed by atoms with Crippen molar-refractivity contribution in [3.05, 3.63) is 34.0 Å². The number of carbonyl (C=O) groups is 1. The number of hydrogen-bond acceptors (Lipinski definition) is 6. The Morgan fingerprint density at radius 2 is 2.42 bits per heavy atom. The minimum Gasteiger partial charge on any atom is -0.390 e. The van der Waals surface area contributed by atoms with Gasteiger partial charge in [0.2, 0.25) is 5.91 Å². The predicted octanol–water partition coefficient (Wildman–Crippen LogP) is 1.13. The third kappa shape index (κ3) is 4.76. The third-order valence-electron chi connectivity index (χ3n) is 4.05. The van der Waals surface area contributed by atoms with E-state index in [1.807, 2.05) is 10.9 Å². The summed E-state index contributed by atoms with van der Waals surface area (Å²) in [6, 6.07) is -0.203. The lowest BCUT2D eigenvalue weighted by Gasteiger charge is -2.35. The van der Waals surface area contributed by atoms with Crippen LogP contribution < -0.4 is 5.32 Å². The van der Waals surface area contributed by atoms with Crippen LogP contribution in [0, 0.1) is 0 Å². The van der Waals surface area contributed by atoms with Gasteiger partial charge in [-0.3, -0.25) is 14.4 Å². The van der Waals surface area contributed by atoms with Crippen molar-refractivity contribution < 1.29 is 9.90 Å². The lowest BCUT2D eigenvalue weighted by Crippen LogP contribution is -2.53. The first kappa shape index (κ1) is 17.3. The molecular formula is C15H20ClN5O2S. The summed E-state index contributed by atoms with van der Waals surface area (Å²) in [5.41, 5.74) is 2.83. The molecule has 0 spiro atoms. The molecule has 1 aliphatic heterocycles. The Labute approximate surface area is 149 Å². The van der Waals surface area contributed by atoms with E-state index in [0.29, 0.717) is 24.5 Å². The number of carbonyl (C=O) groups excluding carboxylic acids is 1. The summed E-state index contributed by atoms with van der Waals surface area (Å²) in [7, 11) is 0. The Balaban J connectivity index is 1.42. The van der Waals surface area contributed by atoms with Gasteiger partial charge in [0.25, 0.3) is 0 Å². The molecule has 1 aliphatic rings. The average Bonchev–Trinajstić information content (AvgIpc) is 3.20. The molecule has 9 heteroatoms. The van der Waals surface area contributed by atoms with E-state index < -0.39 is 6.10 Å². The number of nitrogens with zero attached hydrogens (tertiary/aromatic N) is 4. The monoisotopic (exact) mass is 369 g/mol. The molecule has 1 amide bonds. The van der Waals surface area contributed by atoms with Crippen LogP contribution in [-0.4, -0.2) is 55.9 Å². The van der Waals surface area contributed by atoms with Crippen LogP contribution in [-0.2, 0) is 17.9 Å². The van der Waals surface area contributed by atoms with Crippen LogP contribution in [0.5, 0.6) is 0 Å². The van der Waals surface area contributed by atoms with E-state index >= 15 is 0 Å². The van der Waals surface area contributed by atoms with Crippen molar-refractivity contribution >= 4 is 28.8 Å². The number of piperidine rings is 1. The number of aliphatic hydroxyl groups excluding tert-OH is 1. The average molecular weight is 370 g/mol. The molecule has 130 valence electrons. The Morgan fingerprint density at radius 1 is 1.54 bits per heavy atom. The first-order chi connectivity index (χ1) is 11.6. The van der Waals surface area contributed by atoms with E-state index in [4.69, 9.17) is 11.6 Å². The van der Waals surface area contributed by atoms with E-state index in [9.17, 15) is 9.90 Å². The molecule has 3 rings (SSSR count). The highest BCUT2D eigenvalue weighted by atomic mass is 35.5. The van der Waals surface area contributed by atoms with Crippen LogP contribution in [0.2, 0.25) is 5.02 Å². The lowest BCUT2D eigenvalue weighted by atomic mass is 10.0. The standard InChI is InChI=1S/C15H20ClN5O2S/c16-11-5-18-21(6-11)4-2-15(23)19-13-1-3-20(8-14(13)22)7-12-9-24-10-17-12/h5-6,9-10,13-14,22H,1-4,7-8H2,(H,19,23)/t13-,14-/m1/s1. The summed E-state index contributed by atoms with van der Waals surface area (Å²) in [4.78, 5) is 18.5. The number of hydrogen-bond donors (Lipinski definition) is 2. The summed E-state index contributed by atoms with van der Waals surface area (Å²) < 4.78 is 1.63. The minimum atomic E-state index is -0.569. The van der Waals surface area contributed by atoms with E-state index in [0.717, 1.165) is 25.2 Å². The summed E-state index contributed by atoms with van der Waals surface area (Å²) in [6.07, 6.45) is 3.69. The molecule has 1 saturated heterocycles. The van der Waals surface area contributed by atoms with Gasteiger partial charge in [-0.2, -0.15) is 5.10 Å². The van der Waals surface area contributed by atoms with Crippen LogP contribution in [0.3, 0.4) is 0 Å². The van der Waals surface area contributed by atoms with Gasteiger partial charge >= 0.3 is 0 Å². The van der Waals surface area contributed by atoms with Gasteiger partial charge < -0.3 is 10.4 Å². The summed E-state index contributed by atoms with van der Waals surface area (Å²) >= 11 is 7.36. The second-order valence-corrected chi connectivity index (χ2v) is 7.07. The van der Waals surface area contributed by atoms with Crippen molar-refractivity contribution in [2.45, 2.75) is 38.1 Å². The number of β-amino-alcohol motifs (C(OH)–C–C–N with tert-alkyl or cyclic N) is 1. The van der Waals surface area contributed by atoms with Crippen molar-refractivity contribution in [3.8, 4) is 0 Å². The first-order valence-electron chi connectivity index (χ1n) is 7.85. The number of nitrogens with one attached hydrogen (secondary N) is 1. The molecule has 1 fully saturated rings. The SMILES string of the molecule is O=C(CCn1cc(Cl)cn1)N[C@@H]1CCN(Cc2cscn2)C[C@H]1O. The maximum atomic E-state index is 12.1. The zero-order valence-electron chi connectivity index (χ0n) is 13.1. The molecule has 2 N–H and O–H groups in total. The largest absolute Gasteiger partial charge is 0.390 e. The topological polar surface area (TPSA) is 83.3 Å². The highest BCUT2D eigenvalue weighted by molar-refractivity contribution is 7.07. The highest BCUT2D eigenvalue weighted by Crippen LogP contribution is 2.15.